The van der Waals surface area contributed by atoms with Gasteiger partial charge in [-0.2, -0.15) is 0 Å². The lowest BCUT2D eigenvalue weighted by Crippen LogP contribution is -2.15. The van der Waals surface area contributed by atoms with Crippen molar-refractivity contribution in [1.82, 2.24) is 9.97 Å². The third-order valence-corrected chi connectivity index (χ3v) is 4.70. The Morgan fingerprint density at radius 2 is 2.08 bits per heavy atom. The first-order valence-corrected chi connectivity index (χ1v) is 8.47. The molecule has 0 spiro atoms. The molecule has 1 aromatic carbocycles. The Morgan fingerprint density at radius 1 is 1.27 bits per heavy atom. The zero-order valence-electron chi connectivity index (χ0n) is 14.2. The highest BCUT2D eigenvalue weighted by Gasteiger charge is 2.43. The first-order valence-electron chi connectivity index (χ1n) is 8.47. The number of benzene rings is 1. The van der Waals surface area contributed by atoms with E-state index in [1.54, 1.807) is 18.5 Å². The molecule has 1 aliphatic carbocycles. The van der Waals surface area contributed by atoms with E-state index >= 15 is 0 Å². The van der Waals surface area contributed by atoms with Crippen molar-refractivity contribution < 1.29 is 14.3 Å². The predicted octanol–water partition coefficient (Wildman–Crippen LogP) is 3.39. The molecular weight excluding hydrogens is 333 g/mol. The molecule has 4 rings (SSSR count). The summed E-state index contributed by atoms with van der Waals surface area (Å²) in [6.45, 7) is 1.85. The van der Waals surface area contributed by atoms with Crippen LogP contribution in [0.2, 0.25) is 0 Å². The van der Waals surface area contributed by atoms with E-state index in [1.165, 1.54) is 0 Å². The molecule has 2 aromatic heterocycles. The number of hydrogen-bond acceptors (Lipinski definition) is 4. The Balaban J connectivity index is 1.67. The number of fused-ring (bicyclic) bond motifs is 1. The van der Waals surface area contributed by atoms with Crippen molar-refractivity contribution in [2.24, 2.45) is 5.92 Å². The standard InChI is InChI=1S/C20H18FN3O2/c1-11-4-5-22-17(10-25)19(11)13-3-2-12-7-18(23-9-14(12)6-13)24-20(26)15-8-16(15)21/h2-7,9,15-16,25H,8,10H2,1H3,(H,23,24,26)/t15-,16+/m1/s1. The average Bonchev–Trinajstić information content (AvgIpc) is 3.38. The topological polar surface area (TPSA) is 75.1 Å². The highest BCUT2D eigenvalue weighted by Crippen LogP contribution is 2.35. The number of carbonyl (C=O) groups is 1. The zero-order chi connectivity index (χ0) is 18.3. The van der Waals surface area contributed by atoms with Gasteiger partial charge in [0.25, 0.3) is 0 Å². The van der Waals surface area contributed by atoms with Crippen LogP contribution in [0.25, 0.3) is 21.9 Å². The molecule has 26 heavy (non-hydrogen) atoms. The fourth-order valence-electron chi connectivity index (χ4n) is 3.15. The number of aliphatic hydroxyl groups is 1. The number of rotatable bonds is 4. The van der Waals surface area contributed by atoms with Gasteiger partial charge in [0.15, 0.2) is 0 Å². The Labute approximate surface area is 149 Å². The van der Waals surface area contributed by atoms with Crippen LogP contribution in [0, 0.1) is 12.8 Å². The van der Waals surface area contributed by atoms with Gasteiger partial charge in [-0.15, -0.1) is 0 Å². The third-order valence-electron chi connectivity index (χ3n) is 4.70. The molecule has 0 aliphatic heterocycles. The molecule has 3 aromatic rings. The minimum atomic E-state index is -1.03. The van der Waals surface area contributed by atoms with Gasteiger partial charge in [-0.25, -0.2) is 9.37 Å². The summed E-state index contributed by atoms with van der Waals surface area (Å²) in [5.41, 5.74) is 3.53. The van der Waals surface area contributed by atoms with Gasteiger partial charge in [0.1, 0.15) is 12.0 Å². The minimum absolute atomic E-state index is 0.130. The van der Waals surface area contributed by atoms with Crippen LogP contribution in [0.3, 0.4) is 0 Å². The van der Waals surface area contributed by atoms with E-state index in [0.717, 1.165) is 27.5 Å². The number of aromatic nitrogens is 2. The number of anilines is 1. The van der Waals surface area contributed by atoms with Gasteiger partial charge in [-0.3, -0.25) is 9.78 Å². The van der Waals surface area contributed by atoms with Crippen LogP contribution >= 0.6 is 0 Å². The van der Waals surface area contributed by atoms with E-state index in [9.17, 15) is 14.3 Å². The van der Waals surface area contributed by atoms with Crippen molar-refractivity contribution in [3.05, 3.63) is 54.0 Å². The summed E-state index contributed by atoms with van der Waals surface area (Å²) in [6.07, 6.45) is 2.63. The maximum absolute atomic E-state index is 13.0. The van der Waals surface area contributed by atoms with Gasteiger partial charge >= 0.3 is 0 Å². The van der Waals surface area contributed by atoms with E-state index in [1.807, 2.05) is 31.2 Å². The fraction of sp³-hybridized carbons (Fsp3) is 0.250. The first kappa shape index (κ1) is 16.6. The summed E-state index contributed by atoms with van der Waals surface area (Å²) in [7, 11) is 0. The monoisotopic (exact) mass is 351 g/mol. The number of hydrogen-bond donors (Lipinski definition) is 2. The van der Waals surface area contributed by atoms with E-state index < -0.39 is 12.1 Å². The van der Waals surface area contributed by atoms with Gasteiger partial charge in [-0.1, -0.05) is 12.1 Å². The van der Waals surface area contributed by atoms with E-state index in [0.29, 0.717) is 17.9 Å². The van der Waals surface area contributed by atoms with Crippen LogP contribution in [0.1, 0.15) is 17.7 Å². The lowest BCUT2D eigenvalue weighted by molar-refractivity contribution is -0.117. The van der Waals surface area contributed by atoms with E-state index in [4.69, 9.17) is 0 Å². The third kappa shape index (κ3) is 3.04. The van der Waals surface area contributed by atoms with Crippen LogP contribution in [-0.2, 0) is 11.4 Å². The second-order valence-electron chi connectivity index (χ2n) is 6.59. The van der Waals surface area contributed by atoms with Gasteiger partial charge in [-0.05, 0) is 48.1 Å². The van der Waals surface area contributed by atoms with Gasteiger partial charge in [0.2, 0.25) is 5.91 Å². The van der Waals surface area contributed by atoms with Crippen LogP contribution in [0.15, 0.2) is 42.7 Å². The van der Waals surface area contributed by atoms with Crippen molar-refractivity contribution >= 4 is 22.5 Å². The van der Waals surface area contributed by atoms with Crippen molar-refractivity contribution in [2.75, 3.05) is 5.32 Å². The summed E-state index contributed by atoms with van der Waals surface area (Å²) in [4.78, 5) is 20.4. The molecule has 1 aliphatic rings. The van der Waals surface area contributed by atoms with Crippen LogP contribution in [-0.4, -0.2) is 27.2 Å². The van der Waals surface area contributed by atoms with Crippen molar-refractivity contribution in [3.8, 4) is 11.1 Å². The highest BCUT2D eigenvalue weighted by atomic mass is 19.1. The molecule has 1 fully saturated rings. The number of amides is 1. The fourth-order valence-corrected chi connectivity index (χ4v) is 3.15. The Kier molecular flexibility index (Phi) is 4.12. The first-order chi connectivity index (χ1) is 12.6. The number of carbonyl (C=O) groups excluding carboxylic acids is 1. The minimum Gasteiger partial charge on any atom is -0.390 e. The molecule has 2 heterocycles. The van der Waals surface area contributed by atoms with Crippen LogP contribution < -0.4 is 5.32 Å². The summed E-state index contributed by atoms with van der Waals surface area (Å²) >= 11 is 0. The molecule has 5 nitrogen and oxygen atoms in total. The lowest BCUT2D eigenvalue weighted by atomic mass is 9.97. The van der Waals surface area contributed by atoms with Crippen molar-refractivity contribution in [3.63, 3.8) is 0 Å². The number of alkyl halides is 1. The smallest absolute Gasteiger partial charge is 0.231 e. The normalized spacial score (nSPS) is 18.7. The maximum atomic E-state index is 13.0. The molecule has 6 heteroatoms. The number of nitrogens with zero attached hydrogens (tertiary/aromatic N) is 2. The molecule has 0 radical (unpaired) electrons. The molecule has 2 N–H and O–H groups in total. The van der Waals surface area contributed by atoms with Crippen LogP contribution in [0.5, 0.6) is 0 Å². The SMILES string of the molecule is Cc1ccnc(CO)c1-c1ccc2cc(NC(=O)[C@@H]3C[C@@H]3F)ncc2c1. The molecule has 0 unspecified atom stereocenters. The maximum Gasteiger partial charge on any atom is 0.231 e. The number of halogens is 1. The molecule has 0 saturated heterocycles. The summed E-state index contributed by atoms with van der Waals surface area (Å²) in [5.74, 6) is -0.442. The molecule has 1 amide bonds. The zero-order valence-corrected chi connectivity index (χ0v) is 14.2. The quantitative estimate of drug-likeness (QED) is 0.755. The van der Waals surface area contributed by atoms with Gasteiger partial charge < -0.3 is 10.4 Å². The molecule has 2 atom stereocenters. The van der Waals surface area contributed by atoms with Crippen molar-refractivity contribution in [1.29, 1.82) is 0 Å². The summed E-state index contributed by atoms with van der Waals surface area (Å²) in [6, 6.07) is 9.55. The average molecular weight is 351 g/mol. The second kappa shape index (κ2) is 6.46. The van der Waals surface area contributed by atoms with Gasteiger partial charge in [0, 0.05) is 23.3 Å². The predicted molar refractivity (Wildman–Crippen MR) is 97.3 cm³/mol. The summed E-state index contributed by atoms with van der Waals surface area (Å²) < 4.78 is 13.0. The number of aryl methyl sites for hydroxylation is 1. The highest BCUT2D eigenvalue weighted by molar-refractivity contribution is 5.96. The molecule has 0 bridgehead atoms. The largest absolute Gasteiger partial charge is 0.390 e. The van der Waals surface area contributed by atoms with E-state index in [-0.39, 0.29) is 12.5 Å². The molecule has 132 valence electrons. The number of aliphatic hydroxyl groups excluding tert-OH is 1. The Bertz CT molecular complexity index is 1010. The van der Waals surface area contributed by atoms with Gasteiger partial charge in [0.05, 0.1) is 18.2 Å². The summed E-state index contributed by atoms with van der Waals surface area (Å²) in [5, 5.41) is 14.1. The molecule has 1 saturated carbocycles. The van der Waals surface area contributed by atoms with Crippen molar-refractivity contribution in [2.45, 2.75) is 26.1 Å². The number of nitrogens with one attached hydrogen (secondary N) is 1. The Morgan fingerprint density at radius 3 is 2.81 bits per heavy atom. The second-order valence-corrected chi connectivity index (χ2v) is 6.59. The molecular formula is C20H18FN3O2. The van der Waals surface area contributed by atoms with Crippen LogP contribution in [0.4, 0.5) is 10.2 Å². The Hall–Kier alpha value is -2.86. The lowest BCUT2D eigenvalue weighted by Gasteiger charge is -2.11. The number of pyridine rings is 2. The van der Waals surface area contributed by atoms with E-state index in [2.05, 4.69) is 15.3 Å².